The number of nitrogens with two attached hydrogens (primary N) is 1. The number of nitrogens with zero attached hydrogens (tertiary/aromatic N) is 1. The van der Waals surface area contributed by atoms with Crippen LogP contribution in [0.5, 0.6) is 0 Å². The van der Waals surface area contributed by atoms with Crippen LogP contribution < -0.4 is 11.1 Å². The highest BCUT2D eigenvalue weighted by Crippen LogP contribution is 2.46. The molecule has 1 aliphatic carbocycles. The zero-order chi connectivity index (χ0) is 11.8. The zero-order valence-corrected chi connectivity index (χ0v) is 9.76. The number of carbonyl (C=O) groups is 1. The molecule has 0 aromatic carbocycles. The highest BCUT2D eigenvalue weighted by atomic mass is 32.1. The lowest BCUT2D eigenvalue weighted by molar-refractivity contribution is -0.124. The fourth-order valence-corrected chi connectivity index (χ4v) is 1.85. The summed E-state index contributed by atoms with van der Waals surface area (Å²) in [5, 5.41) is 6.55. The zero-order valence-electron chi connectivity index (χ0n) is 8.95. The molecule has 0 bridgehead atoms. The van der Waals surface area contributed by atoms with E-state index in [-0.39, 0.29) is 10.9 Å². The number of aryl methyl sites for hydroxylation is 1. The Labute approximate surface area is 98.4 Å². The summed E-state index contributed by atoms with van der Waals surface area (Å²) in [5.74, 6) is 0.611. The van der Waals surface area contributed by atoms with Crippen molar-refractivity contribution in [2.45, 2.75) is 26.3 Å². The molecule has 0 unspecified atom stereocenters. The molecule has 5 nitrogen and oxygen atoms in total. The molecule has 0 atom stereocenters. The molecule has 1 saturated carbocycles. The van der Waals surface area contributed by atoms with Crippen LogP contribution in [0.1, 0.15) is 24.3 Å². The third kappa shape index (κ3) is 1.92. The van der Waals surface area contributed by atoms with Crippen LogP contribution in [0.15, 0.2) is 10.6 Å². The molecule has 0 aliphatic heterocycles. The topological polar surface area (TPSA) is 81.2 Å². The predicted octanol–water partition coefficient (Wildman–Crippen LogP) is 0.666. The van der Waals surface area contributed by atoms with Gasteiger partial charge in [-0.2, -0.15) is 0 Å². The van der Waals surface area contributed by atoms with Crippen LogP contribution in [0.2, 0.25) is 0 Å². The minimum Gasteiger partial charge on any atom is -0.392 e. The van der Waals surface area contributed by atoms with Gasteiger partial charge in [0.2, 0.25) is 5.91 Å². The van der Waals surface area contributed by atoms with Gasteiger partial charge in [0.25, 0.3) is 0 Å². The summed E-state index contributed by atoms with van der Waals surface area (Å²) in [6.07, 6.45) is 1.48. The van der Waals surface area contributed by atoms with Crippen molar-refractivity contribution in [1.29, 1.82) is 0 Å². The Morgan fingerprint density at radius 2 is 2.44 bits per heavy atom. The summed E-state index contributed by atoms with van der Waals surface area (Å²) in [7, 11) is 0. The Morgan fingerprint density at radius 3 is 2.88 bits per heavy atom. The number of aromatic nitrogens is 1. The van der Waals surface area contributed by atoms with Gasteiger partial charge in [-0.3, -0.25) is 4.79 Å². The number of hydrogen-bond acceptors (Lipinski definition) is 4. The number of thiocarbonyl (C=S) groups is 1. The number of nitrogens with one attached hydrogen (secondary N) is 1. The van der Waals surface area contributed by atoms with E-state index < -0.39 is 5.41 Å². The van der Waals surface area contributed by atoms with E-state index in [2.05, 4.69) is 10.5 Å². The molecular weight excluding hydrogens is 226 g/mol. The average Bonchev–Trinajstić information content (AvgIpc) is 2.95. The summed E-state index contributed by atoms with van der Waals surface area (Å²) in [6, 6.07) is 1.78. The van der Waals surface area contributed by atoms with Crippen LogP contribution in [0.3, 0.4) is 0 Å². The minimum absolute atomic E-state index is 0.111. The Morgan fingerprint density at radius 1 is 1.75 bits per heavy atom. The SMILES string of the molecule is Cc1cc(CNC(=O)C2(C(N)=S)CC2)no1. The van der Waals surface area contributed by atoms with Gasteiger partial charge in [-0.25, -0.2) is 0 Å². The Balaban J connectivity index is 1.92. The van der Waals surface area contributed by atoms with E-state index in [0.717, 1.165) is 18.6 Å². The van der Waals surface area contributed by atoms with Crippen LogP contribution in [0, 0.1) is 12.3 Å². The highest BCUT2D eigenvalue weighted by molar-refractivity contribution is 7.80. The van der Waals surface area contributed by atoms with Crippen molar-refractivity contribution in [2.75, 3.05) is 0 Å². The quantitative estimate of drug-likeness (QED) is 0.755. The van der Waals surface area contributed by atoms with Gasteiger partial charge in [0.1, 0.15) is 11.5 Å². The Bertz CT molecular complexity index is 437. The molecule has 1 fully saturated rings. The lowest BCUT2D eigenvalue weighted by Crippen LogP contribution is -2.39. The number of hydrogen-bond donors (Lipinski definition) is 2. The Hall–Kier alpha value is -1.43. The van der Waals surface area contributed by atoms with Crippen molar-refractivity contribution >= 4 is 23.1 Å². The molecule has 1 heterocycles. The molecule has 86 valence electrons. The summed E-state index contributed by atoms with van der Waals surface area (Å²) in [5.41, 5.74) is 5.64. The lowest BCUT2D eigenvalue weighted by Gasteiger charge is -2.12. The van der Waals surface area contributed by atoms with Crippen molar-refractivity contribution in [3.8, 4) is 0 Å². The molecule has 16 heavy (non-hydrogen) atoms. The predicted molar refractivity (Wildman–Crippen MR) is 61.5 cm³/mol. The van der Waals surface area contributed by atoms with E-state index >= 15 is 0 Å². The second-order valence-corrected chi connectivity index (χ2v) is 4.50. The summed E-state index contributed by atoms with van der Waals surface area (Å²) in [4.78, 5) is 12.1. The van der Waals surface area contributed by atoms with E-state index in [9.17, 15) is 4.79 Å². The maximum atomic E-state index is 11.8. The second kappa shape index (κ2) is 3.86. The van der Waals surface area contributed by atoms with E-state index in [1.54, 1.807) is 13.0 Å². The summed E-state index contributed by atoms with van der Waals surface area (Å²) >= 11 is 4.89. The van der Waals surface area contributed by atoms with Crippen molar-refractivity contribution in [2.24, 2.45) is 11.1 Å². The van der Waals surface area contributed by atoms with Gasteiger partial charge in [-0.15, -0.1) is 0 Å². The summed E-state index contributed by atoms with van der Waals surface area (Å²) in [6.45, 7) is 2.15. The Kier molecular flexibility index (Phi) is 2.67. The minimum atomic E-state index is -0.603. The first-order chi connectivity index (χ1) is 7.54. The number of carbonyl (C=O) groups excluding carboxylic acids is 1. The van der Waals surface area contributed by atoms with E-state index in [4.69, 9.17) is 22.5 Å². The third-order valence-electron chi connectivity index (χ3n) is 2.76. The van der Waals surface area contributed by atoms with E-state index in [0.29, 0.717) is 12.2 Å². The van der Waals surface area contributed by atoms with Crippen LogP contribution in [-0.4, -0.2) is 16.1 Å². The van der Waals surface area contributed by atoms with Gasteiger partial charge in [0.15, 0.2) is 0 Å². The molecule has 0 radical (unpaired) electrons. The maximum Gasteiger partial charge on any atom is 0.233 e. The van der Waals surface area contributed by atoms with Gasteiger partial charge in [0.05, 0.1) is 16.9 Å². The lowest BCUT2D eigenvalue weighted by atomic mass is 10.1. The average molecular weight is 239 g/mol. The highest BCUT2D eigenvalue weighted by Gasteiger charge is 2.52. The van der Waals surface area contributed by atoms with Gasteiger partial charge < -0.3 is 15.6 Å². The molecule has 0 saturated heterocycles. The fraction of sp³-hybridized carbons (Fsp3) is 0.500. The normalized spacial score (nSPS) is 16.8. The van der Waals surface area contributed by atoms with Crippen molar-refractivity contribution in [1.82, 2.24) is 10.5 Å². The fourth-order valence-electron chi connectivity index (χ4n) is 1.55. The van der Waals surface area contributed by atoms with Crippen molar-refractivity contribution in [3.63, 3.8) is 0 Å². The van der Waals surface area contributed by atoms with Crippen LogP contribution in [0.4, 0.5) is 0 Å². The molecular formula is C10H13N3O2S. The maximum absolute atomic E-state index is 11.8. The molecule has 1 aromatic rings. The monoisotopic (exact) mass is 239 g/mol. The third-order valence-corrected chi connectivity index (χ3v) is 3.15. The van der Waals surface area contributed by atoms with Crippen LogP contribution in [-0.2, 0) is 11.3 Å². The van der Waals surface area contributed by atoms with Crippen molar-refractivity contribution < 1.29 is 9.32 Å². The summed E-state index contributed by atoms with van der Waals surface area (Å²) < 4.78 is 4.89. The first-order valence-electron chi connectivity index (χ1n) is 5.05. The molecule has 3 N–H and O–H groups in total. The van der Waals surface area contributed by atoms with E-state index in [1.807, 2.05) is 0 Å². The van der Waals surface area contributed by atoms with E-state index in [1.165, 1.54) is 0 Å². The van der Waals surface area contributed by atoms with Gasteiger partial charge in [-0.1, -0.05) is 17.4 Å². The first-order valence-corrected chi connectivity index (χ1v) is 5.46. The van der Waals surface area contributed by atoms with Gasteiger partial charge in [-0.05, 0) is 19.8 Å². The number of amides is 1. The molecule has 0 spiro atoms. The molecule has 1 aliphatic rings. The standard InChI is InChI=1S/C10H13N3O2S/c1-6-4-7(13-15-6)5-12-9(14)10(2-3-10)8(11)16/h4H,2-3,5H2,1H3,(H2,11,16)(H,12,14). The molecule has 1 amide bonds. The first kappa shape index (κ1) is 11.1. The molecule has 6 heteroatoms. The van der Waals surface area contributed by atoms with Gasteiger partial charge in [0, 0.05) is 6.07 Å². The van der Waals surface area contributed by atoms with Crippen LogP contribution >= 0.6 is 12.2 Å². The number of rotatable bonds is 4. The second-order valence-electron chi connectivity index (χ2n) is 4.06. The van der Waals surface area contributed by atoms with Crippen molar-refractivity contribution in [3.05, 3.63) is 17.5 Å². The molecule has 1 aromatic heterocycles. The van der Waals surface area contributed by atoms with Gasteiger partial charge >= 0.3 is 0 Å². The smallest absolute Gasteiger partial charge is 0.233 e. The van der Waals surface area contributed by atoms with Crippen LogP contribution in [0.25, 0.3) is 0 Å². The molecule has 2 rings (SSSR count). The largest absolute Gasteiger partial charge is 0.392 e.